The molecule has 0 amide bonds. The smallest absolute Gasteiger partial charge is 0.295 e. The summed E-state index contributed by atoms with van der Waals surface area (Å²) in [6.45, 7) is 2.16. The van der Waals surface area contributed by atoms with E-state index in [1.165, 1.54) is 0 Å². The van der Waals surface area contributed by atoms with Crippen LogP contribution >= 0.6 is 0 Å². The van der Waals surface area contributed by atoms with Crippen LogP contribution in [0.4, 0.5) is 6.01 Å². The Morgan fingerprint density at radius 2 is 1.80 bits per heavy atom. The van der Waals surface area contributed by atoms with E-state index in [0.717, 1.165) is 23.9 Å². The van der Waals surface area contributed by atoms with Crippen LogP contribution in [-0.4, -0.2) is 55.3 Å². The van der Waals surface area contributed by atoms with Crippen molar-refractivity contribution in [2.75, 3.05) is 31.6 Å². The Kier molecular flexibility index (Phi) is 4.66. The van der Waals surface area contributed by atoms with Crippen molar-refractivity contribution in [2.24, 2.45) is 0 Å². The van der Waals surface area contributed by atoms with Gasteiger partial charge in [-0.3, -0.25) is 0 Å². The van der Waals surface area contributed by atoms with Crippen molar-refractivity contribution in [2.45, 2.75) is 37.0 Å². The zero-order valence-corrected chi connectivity index (χ0v) is 14.9. The van der Waals surface area contributed by atoms with Gasteiger partial charge in [-0.25, -0.2) is 12.7 Å². The van der Waals surface area contributed by atoms with E-state index in [2.05, 4.69) is 10.3 Å². The first-order chi connectivity index (χ1) is 12.1. The van der Waals surface area contributed by atoms with Gasteiger partial charge in [-0.15, -0.1) is 0 Å². The predicted octanol–water partition coefficient (Wildman–Crippen LogP) is 2.21. The van der Waals surface area contributed by atoms with Gasteiger partial charge in [-0.1, -0.05) is 12.1 Å². The van der Waals surface area contributed by atoms with E-state index < -0.39 is 10.0 Å². The number of hydrogen-bond acceptors (Lipinski definition) is 6. The van der Waals surface area contributed by atoms with Gasteiger partial charge in [0.1, 0.15) is 5.52 Å². The Hall–Kier alpha value is -1.64. The molecule has 2 aromatic rings. The average Bonchev–Trinajstić information content (AvgIpc) is 3.05. The standard InChI is InChI=1S/C17H23N3O4S/c21-25(22,14-7-11-23-12-8-14)20-9-5-13(6-10-20)18-17-19-15-3-1-2-4-16(15)24-17/h1-4,13-14H,5-12H2,(H,18,19). The lowest BCUT2D eigenvalue weighted by Gasteiger charge is -2.34. The zero-order chi connectivity index (χ0) is 17.3. The molecule has 25 heavy (non-hydrogen) atoms. The number of fused-ring (bicyclic) bond motifs is 1. The SMILES string of the molecule is O=S(=O)(C1CCOCC1)N1CCC(Nc2nc3ccccc3o2)CC1. The fourth-order valence-electron chi connectivity index (χ4n) is 3.55. The van der Waals surface area contributed by atoms with Crippen LogP contribution < -0.4 is 5.32 Å². The van der Waals surface area contributed by atoms with Gasteiger partial charge in [-0.2, -0.15) is 4.98 Å². The molecule has 0 atom stereocenters. The highest BCUT2D eigenvalue weighted by Crippen LogP contribution is 2.25. The number of anilines is 1. The van der Waals surface area contributed by atoms with E-state index in [-0.39, 0.29) is 11.3 Å². The first-order valence-corrected chi connectivity index (χ1v) is 10.3. The Morgan fingerprint density at radius 3 is 2.52 bits per heavy atom. The molecule has 0 bridgehead atoms. The summed E-state index contributed by atoms with van der Waals surface area (Å²) < 4.78 is 38.1. The number of rotatable bonds is 4. The molecular formula is C17H23N3O4S. The summed E-state index contributed by atoms with van der Waals surface area (Å²) in [5, 5.41) is 3.01. The number of nitrogens with one attached hydrogen (secondary N) is 1. The highest BCUT2D eigenvalue weighted by atomic mass is 32.2. The molecule has 1 N–H and O–H groups in total. The average molecular weight is 365 g/mol. The Balaban J connectivity index is 1.36. The van der Waals surface area contributed by atoms with Crippen LogP contribution in [0, 0.1) is 0 Å². The molecule has 2 aliphatic heterocycles. The lowest BCUT2D eigenvalue weighted by molar-refractivity contribution is 0.0969. The van der Waals surface area contributed by atoms with Gasteiger partial charge in [-0.05, 0) is 37.8 Å². The molecule has 0 spiro atoms. The lowest BCUT2D eigenvalue weighted by atomic mass is 10.1. The molecule has 0 unspecified atom stereocenters. The molecule has 0 aliphatic carbocycles. The highest BCUT2D eigenvalue weighted by molar-refractivity contribution is 7.89. The van der Waals surface area contributed by atoms with Crippen molar-refractivity contribution >= 4 is 27.1 Å². The van der Waals surface area contributed by atoms with Crippen molar-refractivity contribution in [3.05, 3.63) is 24.3 Å². The van der Waals surface area contributed by atoms with Crippen LogP contribution in [0.1, 0.15) is 25.7 Å². The van der Waals surface area contributed by atoms with Crippen LogP contribution in [-0.2, 0) is 14.8 Å². The number of para-hydroxylation sites is 2. The van der Waals surface area contributed by atoms with Gasteiger partial charge in [0, 0.05) is 32.3 Å². The number of hydrogen-bond donors (Lipinski definition) is 1. The molecule has 1 aromatic heterocycles. The third-order valence-electron chi connectivity index (χ3n) is 5.02. The van der Waals surface area contributed by atoms with Crippen LogP contribution in [0.25, 0.3) is 11.1 Å². The molecule has 0 radical (unpaired) electrons. The monoisotopic (exact) mass is 365 g/mol. The number of sulfonamides is 1. The maximum atomic E-state index is 12.7. The van der Waals surface area contributed by atoms with Crippen molar-refractivity contribution in [1.29, 1.82) is 0 Å². The molecule has 2 fully saturated rings. The number of ether oxygens (including phenoxy) is 1. The van der Waals surface area contributed by atoms with Gasteiger partial charge in [0.15, 0.2) is 5.58 Å². The Morgan fingerprint density at radius 1 is 1.08 bits per heavy atom. The summed E-state index contributed by atoms with van der Waals surface area (Å²) >= 11 is 0. The second-order valence-electron chi connectivity index (χ2n) is 6.66. The van der Waals surface area contributed by atoms with E-state index in [0.29, 0.717) is 45.2 Å². The minimum absolute atomic E-state index is 0.175. The number of oxazole rings is 1. The zero-order valence-electron chi connectivity index (χ0n) is 14.1. The molecule has 136 valence electrons. The van der Waals surface area contributed by atoms with E-state index in [1.54, 1.807) is 4.31 Å². The largest absolute Gasteiger partial charge is 0.424 e. The number of nitrogens with zero attached hydrogens (tertiary/aromatic N) is 2. The number of aromatic nitrogens is 1. The van der Waals surface area contributed by atoms with Gasteiger partial charge in [0.25, 0.3) is 6.01 Å². The molecule has 4 rings (SSSR count). The van der Waals surface area contributed by atoms with E-state index in [9.17, 15) is 8.42 Å². The van der Waals surface area contributed by atoms with Crippen molar-refractivity contribution in [3.63, 3.8) is 0 Å². The second-order valence-corrected chi connectivity index (χ2v) is 8.87. The fourth-order valence-corrected chi connectivity index (χ4v) is 5.48. The minimum atomic E-state index is -3.22. The molecule has 8 heteroatoms. The van der Waals surface area contributed by atoms with Gasteiger partial charge in [0.2, 0.25) is 10.0 Å². The summed E-state index contributed by atoms with van der Waals surface area (Å²) in [5.74, 6) is 0. The van der Waals surface area contributed by atoms with Gasteiger partial charge >= 0.3 is 0 Å². The molecule has 2 aliphatic rings. The third kappa shape index (κ3) is 3.51. The summed E-state index contributed by atoms with van der Waals surface area (Å²) in [6, 6.07) is 8.32. The van der Waals surface area contributed by atoms with Crippen LogP contribution in [0.15, 0.2) is 28.7 Å². The molecular weight excluding hydrogens is 342 g/mol. The third-order valence-corrected chi connectivity index (χ3v) is 7.42. The minimum Gasteiger partial charge on any atom is -0.424 e. The lowest BCUT2D eigenvalue weighted by Crippen LogP contribution is -2.47. The summed E-state index contributed by atoms with van der Waals surface area (Å²) in [7, 11) is -3.22. The van der Waals surface area contributed by atoms with Crippen LogP contribution in [0.3, 0.4) is 0 Å². The van der Waals surface area contributed by atoms with Crippen molar-refractivity contribution in [1.82, 2.24) is 9.29 Å². The molecule has 0 saturated carbocycles. The van der Waals surface area contributed by atoms with E-state index >= 15 is 0 Å². The first-order valence-electron chi connectivity index (χ1n) is 8.82. The van der Waals surface area contributed by atoms with E-state index in [1.807, 2.05) is 24.3 Å². The summed E-state index contributed by atoms with van der Waals surface area (Å²) in [4.78, 5) is 4.42. The Bertz CT molecular complexity index is 788. The first kappa shape index (κ1) is 16.8. The quantitative estimate of drug-likeness (QED) is 0.894. The van der Waals surface area contributed by atoms with Gasteiger partial charge in [0.05, 0.1) is 5.25 Å². The van der Waals surface area contributed by atoms with Crippen molar-refractivity contribution in [3.8, 4) is 0 Å². The molecule has 3 heterocycles. The Labute approximate surface area is 147 Å². The predicted molar refractivity (Wildman–Crippen MR) is 95.0 cm³/mol. The topological polar surface area (TPSA) is 84.7 Å². The summed E-state index contributed by atoms with van der Waals surface area (Å²) in [5.41, 5.74) is 1.58. The van der Waals surface area contributed by atoms with Crippen molar-refractivity contribution < 1.29 is 17.6 Å². The van der Waals surface area contributed by atoms with Gasteiger partial charge < -0.3 is 14.5 Å². The highest BCUT2D eigenvalue weighted by Gasteiger charge is 2.35. The fraction of sp³-hybridized carbons (Fsp3) is 0.588. The van der Waals surface area contributed by atoms with E-state index in [4.69, 9.17) is 9.15 Å². The maximum Gasteiger partial charge on any atom is 0.295 e. The maximum absolute atomic E-state index is 12.7. The second kappa shape index (κ2) is 6.93. The molecule has 2 saturated heterocycles. The normalized spacial score (nSPS) is 21.6. The molecule has 7 nitrogen and oxygen atoms in total. The summed E-state index contributed by atoms with van der Waals surface area (Å²) in [6.07, 6.45) is 2.70. The van der Waals surface area contributed by atoms with Crippen LogP contribution in [0.5, 0.6) is 0 Å². The molecule has 1 aromatic carbocycles. The number of piperidine rings is 1. The number of benzene rings is 1. The van der Waals surface area contributed by atoms with Crippen LogP contribution in [0.2, 0.25) is 0 Å².